The van der Waals surface area contributed by atoms with E-state index in [1.54, 1.807) is 0 Å². The molecule has 0 aromatic heterocycles. The minimum atomic E-state index is -1.55. The molecule has 0 bridgehead atoms. The summed E-state index contributed by atoms with van der Waals surface area (Å²) in [5.74, 6) is -1.94. The zero-order valence-corrected chi connectivity index (χ0v) is 15.8. The fourth-order valence-electron chi connectivity index (χ4n) is 3.78. The van der Waals surface area contributed by atoms with Crippen molar-refractivity contribution in [1.29, 1.82) is 0 Å². The number of aliphatic hydroxyl groups excluding tert-OH is 1. The monoisotopic (exact) mass is 391 g/mol. The number of benzene rings is 1. The number of carbonyl (C=O) groups is 2. The quantitative estimate of drug-likeness (QED) is 0.628. The summed E-state index contributed by atoms with van der Waals surface area (Å²) in [7, 11) is 0. The molecule has 0 saturated carbocycles. The maximum atomic E-state index is 10.2. The number of phenols is 1. The van der Waals surface area contributed by atoms with Crippen molar-refractivity contribution in [2.75, 3.05) is 19.7 Å². The first-order chi connectivity index (χ1) is 13.4. The highest BCUT2D eigenvalue weighted by Gasteiger charge is 2.38. The number of nitrogens with zero attached hydrogens (tertiary/aromatic N) is 1. The molecule has 8 heteroatoms. The first-order valence-corrected chi connectivity index (χ1v) is 9.31. The lowest BCUT2D eigenvalue weighted by molar-refractivity contribution is -0.301. The molecule has 2 N–H and O–H groups in total. The Kier molecular flexibility index (Phi) is 7.83. The van der Waals surface area contributed by atoms with Gasteiger partial charge in [-0.05, 0) is 44.5 Å². The van der Waals surface area contributed by atoms with Crippen molar-refractivity contribution in [3.63, 3.8) is 0 Å². The van der Waals surface area contributed by atoms with Crippen molar-refractivity contribution in [3.8, 4) is 11.5 Å². The van der Waals surface area contributed by atoms with Crippen LogP contribution < -0.4 is 14.9 Å². The van der Waals surface area contributed by atoms with Crippen LogP contribution in [0.3, 0.4) is 0 Å². The van der Waals surface area contributed by atoms with Crippen LogP contribution in [0, 0.1) is 0 Å². The van der Waals surface area contributed by atoms with Crippen molar-refractivity contribution in [2.24, 2.45) is 0 Å². The highest BCUT2D eigenvalue weighted by molar-refractivity contribution is 5.87. The van der Waals surface area contributed by atoms with Crippen molar-refractivity contribution in [2.45, 2.75) is 44.8 Å². The van der Waals surface area contributed by atoms with Crippen LogP contribution in [0.4, 0.5) is 0 Å². The van der Waals surface area contributed by atoms with E-state index in [1.165, 1.54) is 6.42 Å². The number of likely N-dealkylation sites (tertiary alicyclic amines) is 1. The number of carboxylic acid groups (broad SMARTS) is 2. The minimum absolute atomic E-state index is 0.121. The third-order valence-corrected chi connectivity index (χ3v) is 4.97. The second-order valence-corrected chi connectivity index (χ2v) is 6.78. The van der Waals surface area contributed by atoms with Gasteiger partial charge in [0.1, 0.15) is 6.61 Å². The van der Waals surface area contributed by atoms with E-state index in [2.05, 4.69) is 11.8 Å². The Morgan fingerprint density at radius 2 is 1.96 bits per heavy atom. The highest BCUT2D eigenvalue weighted by Crippen LogP contribution is 2.46. The molecule has 0 radical (unpaired) electrons. The molecule has 1 saturated heterocycles. The lowest BCUT2D eigenvalue weighted by Gasteiger charge is -2.44. The van der Waals surface area contributed by atoms with Crippen LogP contribution in [0.1, 0.15) is 43.2 Å². The smallest absolute Gasteiger partial charge is 0.164 e. The number of fused-ring (bicyclic) bond motifs is 3. The first kappa shape index (κ1) is 21.7. The standard InChI is InChI=1S/C16H23NO3.C4H4O4/c1-2-7-17-8-3-4-12-13-6-5-11(9-18)15(19)16(13)20-10-14(12)17;5-3(6)1-2-4(7)8/h5-6,12,14,18-19H,2-4,7-10H2,1H3;1-2H,(H,5,6)(H,7,8)/p-2/b;2-1+. The van der Waals surface area contributed by atoms with Crippen LogP contribution in [0.15, 0.2) is 24.3 Å². The Bertz CT molecular complexity index is 714. The van der Waals surface area contributed by atoms with Gasteiger partial charge in [0.05, 0.1) is 24.6 Å². The molecule has 28 heavy (non-hydrogen) atoms. The number of hydrogen-bond acceptors (Lipinski definition) is 8. The molecule has 0 spiro atoms. The van der Waals surface area contributed by atoms with Gasteiger partial charge in [0.15, 0.2) is 11.5 Å². The van der Waals surface area contributed by atoms with Gasteiger partial charge in [0, 0.05) is 17.0 Å². The Morgan fingerprint density at radius 3 is 2.54 bits per heavy atom. The molecule has 2 heterocycles. The van der Waals surface area contributed by atoms with Crippen LogP contribution in [0.25, 0.3) is 0 Å². The average molecular weight is 391 g/mol. The summed E-state index contributed by atoms with van der Waals surface area (Å²) in [5.41, 5.74) is 1.65. The highest BCUT2D eigenvalue weighted by atomic mass is 16.5. The number of piperidine rings is 1. The number of aromatic hydroxyl groups is 1. The molecule has 2 unspecified atom stereocenters. The molecule has 1 fully saturated rings. The molecular formula is C20H25NO7-2. The van der Waals surface area contributed by atoms with Gasteiger partial charge in [-0.3, -0.25) is 4.90 Å². The lowest BCUT2D eigenvalue weighted by atomic mass is 9.81. The molecule has 2 aliphatic rings. The van der Waals surface area contributed by atoms with Gasteiger partial charge < -0.3 is 34.8 Å². The van der Waals surface area contributed by atoms with Crippen molar-refractivity contribution < 1.29 is 34.8 Å². The zero-order valence-electron chi connectivity index (χ0n) is 15.8. The van der Waals surface area contributed by atoms with E-state index in [0.29, 0.717) is 42.0 Å². The summed E-state index contributed by atoms with van der Waals surface area (Å²) in [5, 5.41) is 38.3. The van der Waals surface area contributed by atoms with E-state index >= 15 is 0 Å². The molecule has 0 amide bonds. The van der Waals surface area contributed by atoms with E-state index in [1.807, 2.05) is 12.1 Å². The minimum Gasteiger partial charge on any atom is -0.545 e. The van der Waals surface area contributed by atoms with Gasteiger partial charge in [-0.25, -0.2) is 0 Å². The van der Waals surface area contributed by atoms with Gasteiger partial charge in [-0.15, -0.1) is 0 Å². The van der Waals surface area contributed by atoms with Crippen LogP contribution in [0.5, 0.6) is 11.5 Å². The summed E-state index contributed by atoms with van der Waals surface area (Å²) in [6, 6.07) is 4.27. The maximum absolute atomic E-state index is 10.2. The van der Waals surface area contributed by atoms with Crippen molar-refractivity contribution in [1.82, 2.24) is 4.90 Å². The van der Waals surface area contributed by atoms with E-state index < -0.39 is 11.9 Å². The fraction of sp³-hybridized carbons (Fsp3) is 0.500. The molecule has 2 aliphatic heterocycles. The summed E-state index contributed by atoms with van der Waals surface area (Å²) >= 11 is 0. The third kappa shape index (κ3) is 5.24. The SMILES string of the molecule is CCCN1CCCC2c3ccc(CO)c(O)c3OCC21.O=C([O-])/C=C/C(=O)[O-]. The molecule has 1 aromatic rings. The molecular weight excluding hydrogens is 366 g/mol. The molecule has 2 atom stereocenters. The molecule has 0 aliphatic carbocycles. The van der Waals surface area contributed by atoms with Gasteiger partial charge in [-0.1, -0.05) is 19.1 Å². The van der Waals surface area contributed by atoms with Gasteiger partial charge in [-0.2, -0.15) is 0 Å². The normalized spacial score (nSPS) is 21.1. The van der Waals surface area contributed by atoms with Gasteiger partial charge >= 0.3 is 0 Å². The number of aliphatic hydroxyl groups is 1. The Morgan fingerprint density at radius 1 is 1.29 bits per heavy atom. The average Bonchev–Trinajstić information content (AvgIpc) is 2.67. The summed E-state index contributed by atoms with van der Waals surface area (Å²) < 4.78 is 5.84. The van der Waals surface area contributed by atoms with Gasteiger partial charge in [0.2, 0.25) is 0 Å². The topological polar surface area (TPSA) is 133 Å². The van der Waals surface area contributed by atoms with Crippen LogP contribution in [0.2, 0.25) is 0 Å². The Labute approximate surface area is 163 Å². The first-order valence-electron chi connectivity index (χ1n) is 9.31. The third-order valence-electron chi connectivity index (χ3n) is 4.97. The van der Waals surface area contributed by atoms with E-state index in [-0.39, 0.29) is 12.4 Å². The zero-order chi connectivity index (χ0) is 20.7. The number of ether oxygens (including phenoxy) is 1. The van der Waals surface area contributed by atoms with E-state index in [9.17, 15) is 30.0 Å². The van der Waals surface area contributed by atoms with Crippen LogP contribution in [-0.4, -0.2) is 52.8 Å². The summed E-state index contributed by atoms with van der Waals surface area (Å²) in [6.45, 7) is 4.95. The predicted molar refractivity (Wildman–Crippen MR) is 96.3 cm³/mol. The maximum Gasteiger partial charge on any atom is 0.164 e. The van der Waals surface area contributed by atoms with Gasteiger partial charge in [0.25, 0.3) is 0 Å². The Balaban J connectivity index is 0.000000300. The second kappa shape index (κ2) is 10.1. The predicted octanol–water partition coefficient (Wildman–Crippen LogP) is -0.723. The summed E-state index contributed by atoms with van der Waals surface area (Å²) in [4.78, 5) is 21.4. The fourth-order valence-corrected chi connectivity index (χ4v) is 3.78. The number of aliphatic carboxylic acids is 2. The van der Waals surface area contributed by atoms with Crippen molar-refractivity contribution >= 4 is 11.9 Å². The number of carbonyl (C=O) groups excluding carboxylic acids is 2. The van der Waals surface area contributed by atoms with E-state index in [0.717, 1.165) is 31.5 Å². The molecule has 1 aromatic carbocycles. The van der Waals surface area contributed by atoms with E-state index in [4.69, 9.17) is 4.74 Å². The van der Waals surface area contributed by atoms with Crippen LogP contribution >= 0.6 is 0 Å². The largest absolute Gasteiger partial charge is 0.545 e. The number of carboxylic acids is 2. The molecule has 3 rings (SSSR count). The lowest BCUT2D eigenvalue weighted by Crippen LogP contribution is -2.49. The number of rotatable bonds is 5. The van der Waals surface area contributed by atoms with Crippen LogP contribution in [-0.2, 0) is 16.2 Å². The summed E-state index contributed by atoms with van der Waals surface area (Å²) in [6.07, 6.45) is 4.28. The second-order valence-electron chi connectivity index (χ2n) is 6.78. The number of hydrogen-bond donors (Lipinski definition) is 2. The molecule has 8 nitrogen and oxygen atoms in total. The van der Waals surface area contributed by atoms with Crippen molar-refractivity contribution in [3.05, 3.63) is 35.4 Å². The Hall–Kier alpha value is -2.58. The molecule has 154 valence electrons.